The minimum atomic E-state index is -4.99. The molecule has 0 bridgehead atoms. The topological polar surface area (TPSA) is 237 Å². The van der Waals surface area contributed by atoms with Crippen LogP contribution in [-0.4, -0.2) is 96.7 Å². The van der Waals surface area contributed by atoms with Crippen LogP contribution in [0.1, 0.15) is 310 Å². The number of hydrogen-bond donors (Lipinski definition) is 3. The minimum Gasteiger partial charge on any atom is -0.462 e. The summed E-state index contributed by atoms with van der Waals surface area (Å²) in [6.45, 7) is 4.50. The van der Waals surface area contributed by atoms with Crippen LogP contribution in [0.5, 0.6) is 0 Å². The highest BCUT2D eigenvalue weighted by Crippen LogP contribution is 2.45. The highest BCUT2D eigenvalue weighted by molar-refractivity contribution is 7.47. The van der Waals surface area contributed by atoms with Gasteiger partial charge in [0.15, 0.2) is 12.2 Å². The Morgan fingerprint density at radius 1 is 0.284 bits per heavy atom. The van der Waals surface area contributed by atoms with E-state index in [1.54, 1.807) is 0 Å². The molecule has 0 radical (unpaired) electrons. The molecule has 584 valence electrons. The molecule has 5 unspecified atom stereocenters. The number of unbranched alkanes of at least 4 members (excludes halogenated alkanes) is 25. The third kappa shape index (κ3) is 73.5. The van der Waals surface area contributed by atoms with E-state index in [4.69, 9.17) is 37.0 Å². The number of allylic oxidation sites excluding steroid dienone is 22. The monoisotopic (exact) mass is 1470 g/mol. The quantitative estimate of drug-likeness (QED) is 0.0169. The normalized spacial score (nSPS) is 14.6. The summed E-state index contributed by atoms with van der Waals surface area (Å²) in [5, 5.41) is 10.6. The van der Waals surface area contributed by atoms with Gasteiger partial charge in [0, 0.05) is 25.7 Å². The van der Waals surface area contributed by atoms with Crippen LogP contribution in [0.2, 0.25) is 0 Å². The van der Waals surface area contributed by atoms with E-state index in [9.17, 15) is 43.2 Å². The molecule has 0 aromatic heterocycles. The number of aliphatic hydroxyl groups is 1. The van der Waals surface area contributed by atoms with Gasteiger partial charge in [-0.2, -0.15) is 0 Å². The second-order valence-electron chi connectivity index (χ2n) is 25.9. The molecule has 0 rings (SSSR count). The van der Waals surface area contributed by atoms with E-state index in [-0.39, 0.29) is 25.7 Å². The van der Waals surface area contributed by atoms with Gasteiger partial charge in [0.1, 0.15) is 19.3 Å². The summed E-state index contributed by atoms with van der Waals surface area (Å²) in [7, 11) is -9.98. The number of aliphatic hydroxyl groups excluding tert-OH is 1. The van der Waals surface area contributed by atoms with Crippen LogP contribution < -0.4 is 0 Å². The number of phosphoric acid groups is 2. The average molecular weight is 1470 g/mol. The van der Waals surface area contributed by atoms with Gasteiger partial charge < -0.3 is 33.8 Å². The molecule has 102 heavy (non-hydrogen) atoms. The van der Waals surface area contributed by atoms with E-state index in [0.717, 1.165) is 212 Å². The molecule has 0 saturated carbocycles. The highest BCUT2D eigenvalue weighted by atomic mass is 31.2. The lowest BCUT2D eigenvalue weighted by atomic mass is 10.1. The lowest BCUT2D eigenvalue weighted by Gasteiger charge is -2.21. The van der Waals surface area contributed by atoms with Gasteiger partial charge in [-0.25, -0.2) is 9.13 Å². The zero-order valence-corrected chi connectivity index (χ0v) is 65.5. The van der Waals surface area contributed by atoms with E-state index in [2.05, 4.69) is 161 Å². The van der Waals surface area contributed by atoms with E-state index >= 15 is 0 Å². The Labute approximate surface area is 618 Å². The fourth-order valence-electron chi connectivity index (χ4n) is 10.1. The Morgan fingerprint density at radius 2 is 0.529 bits per heavy atom. The largest absolute Gasteiger partial charge is 0.472 e. The fraction of sp³-hybridized carbons (Fsp3) is 0.687. The standard InChI is InChI=1S/C83H140O17P2/c1-5-9-13-17-21-25-29-33-36-38-41-44-47-51-55-59-63-67-80(85)93-73-78(99-82(87)69-65-61-57-53-49-43-32-28-24-20-16-12-8-4)75-97-101(89,90)95-71-77(84)72-96-102(91,92)98-76-79(100-83(88)70-66-62-58-54-50-46-40-35-31-27-23-19-15-11-7-3)74-94-81(86)68-64-60-56-52-48-45-42-39-37-34-30-26-22-18-14-10-6-2/h9-10,13-14,16,20-23,25-28,32-37,40,42,45,77-79,84H,5-8,11-12,15,17-19,24,29-31,38-39,41,43-44,46-76H2,1-4H3,(H,89,90)(H,91,92)/b13-9-,14-10-,20-16-,25-21-,26-22-,27-23-,32-28-,36-33-,37-34-,40-35-,45-42-. The van der Waals surface area contributed by atoms with Gasteiger partial charge in [-0.3, -0.25) is 37.3 Å². The molecule has 0 aromatic rings. The zero-order valence-electron chi connectivity index (χ0n) is 63.7. The van der Waals surface area contributed by atoms with Crippen LogP contribution in [0, 0.1) is 0 Å². The fourth-order valence-corrected chi connectivity index (χ4v) is 11.7. The van der Waals surface area contributed by atoms with Crippen LogP contribution in [0.15, 0.2) is 134 Å². The molecular formula is C83H140O17P2. The maximum atomic E-state index is 13.1. The summed E-state index contributed by atoms with van der Waals surface area (Å²) in [5.41, 5.74) is 0. The summed E-state index contributed by atoms with van der Waals surface area (Å²) in [6.07, 6.45) is 82.8. The summed E-state index contributed by atoms with van der Waals surface area (Å²) in [4.78, 5) is 73.0. The molecule has 0 spiro atoms. The van der Waals surface area contributed by atoms with Crippen molar-refractivity contribution in [1.29, 1.82) is 0 Å². The van der Waals surface area contributed by atoms with Crippen molar-refractivity contribution in [3.8, 4) is 0 Å². The number of phosphoric ester groups is 2. The van der Waals surface area contributed by atoms with Crippen molar-refractivity contribution in [3.63, 3.8) is 0 Å². The Hall–Kier alpha value is -4.80. The zero-order chi connectivity index (χ0) is 74.6. The molecule has 5 atom stereocenters. The van der Waals surface area contributed by atoms with Gasteiger partial charge in [-0.05, 0) is 154 Å². The SMILES string of the molecule is CC/C=C\C/C=C\C/C=C\C/C=C\CCCCCCC(=O)OCC(COP(=O)(O)OCC(O)COP(=O)(O)OCC(COC(=O)CCCCCCCCC/C=C\C/C=C\C/C=C\CC)OC(=O)CCCCCCC/C=C\C/C=C\CCC)OC(=O)CCCCCCC/C=C\C/C=C\CCCCC. The van der Waals surface area contributed by atoms with Crippen LogP contribution in [0.25, 0.3) is 0 Å². The lowest BCUT2D eigenvalue weighted by Crippen LogP contribution is -2.30. The first-order chi connectivity index (χ1) is 49.7. The van der Waals surface area contributed by atoms with E-state index < -0.39 is 97.5 Å². The second-order valence-corrected chi connectivity index (χ2v) is 28.8. The lowest BCUT2D eigenvalue weighted by molar-refractivity contribution is -0.161. The molecule has 19 heteroatoms. The Balaban J connectivity index is 5.40. The second kappa shape index (κ2) is 74.5. The number of rotatable bonds is 73. The van der Waals surface area contributed by atoms with E-state index in [0.29, 0.717) is 25.7 Å². The Kier molecular flexibility index (Phi) is 71.0. The third-order valence-corrected chi connectivity index (χ3v) is 18.0. The maximum Gasteiger partial charge on any atom is 0.472 e. The van der Waals surface area contributed by atoms with Gasteiger partial charge in [0.05, 0.1) is 26.4 Å². The average Bonchev–Trinajstić information content (AvgIpc) is 0.939. The molecule has 0 aromatic carbocycles. The molecule has 0 heterocycles. The first-order valence-corrected chi connectivity index (χ1v) is 42.4. The van der Waals surface area contributed by atoms with Gasteiger partial charge in [0.25, 0.3) is 0 Å². The van der Waals surface area contributed by atoms with Crippen LogP contribution in [-0.2, 0) is 65.4 Å². The van der Waals surface area contributed by atoms with Crippen molar-refractivity contribution in [3.05, 3.63) is 134 Å². The van der Waals surface area contributed by atoms with E-state index in [1.165, 1.54) is 19.3 Å². The molecule has 0 amide bonds. The minimum absolute atomic E-state index is 0.0701. The molecule has 0 aliphatic carbocycles. The summed E-state index contributed by atoms with van der Waals surface area (Å²) >= 11 is 0. The van der Waals surface area contributed by atoms with Crippen LogP contribution >= 0.6 is 15.6 Å². The molecule has 0 aliphatic heterocycles. The van der Waals surface area contributed by atoms with Crippen LogP contribution in [0.3, 0.4) is 0 Å². The molecular weight excluding hydrogens is 1330 g/mol. The van der Waals surface area contributed by atoms with Gasteiger partial charge in [0.2, 0.25) is 0 Å². The molecule has 0 aliphatic rings. The van der Waals surface area contributed by atoms with E-state index in [1.807, 2.05) is 0 Å². The summed E-state index contributed by atoms with van der Waals surface area (Å²) < 4.78 is 68.5. The van der Waals surface area contributed by atoms with Crippen molar-refractivity contribution in [2.75, 3.05) is 39.6 Å². The number of carbonyl (C=O) groups is 4. The van der Waals surface area contributed by atoms with Crippen molar-refractivity contribution in [2.45, 2.75) is 329 Å². The molecule has 0 saturated heterocycles. The van der Waals surface area contributed by atoms with Crippen LogP contribution in [0.4, 0.5) is 0 Å². The van der Waals surface area contributed by atoms with Gasteiger partial charge in [-0.1, -0.05) is 264 Å². The van der Waals surface area contributed by atoms with Crippen molar-refractivity contribution >= 4 is 39.5 Å². The highest BCUT2D eigenvalue weighted by Gasteiger charge is 2.30. The first-order valence-electron chi connectivity index (χ1n) is 39.4. The predicted octanol–water partition coefficient (Wildman–Crippen LogP) is 22.9. The maximum absolute atomic E-state index is 13.1. The molecule has 3 N–H and O–H groups in total. The number of ether oxygens (including phenoxy) is 4. The Morgan fingerprint density at radius 3 is 0.824 bits per heavy atom. The summed E-state index contributed by atoms with van der Waals surface area (Å²) in [5.74, 6) is -2.24. The van der Waals surface area contributed by atoms with Gasteiger partial charge in [-0.15, -0.1) is 0 Å². The number of esters is 4. The predicted molar refractivity (Wildman–Crippen MR) is 418 cm³/mol. The smallest absolute Gasteiger partial charge is 0.462 e. The van der Waals surface area contributed by atoms with Crippen molar-refractivity contribution < 1.29 is 80.2 Å². The Bertz CT molecular complexity index is 2460. The number of carbonyl (C=O) groups excluding carboxylic acids is 4. The van der Waals surface area contributed by atoms with Gasteiger partial charge >= 0.3 is 39.5 Å². The number of hydrogen-bond acceptors (Lipinski definition) is 15. The molecule has 17 nitrogen and oxygen atoms in total. The first kappa shape index (κ1) is 97.2. The van der Waals surface area contributed by atoms with Crippen molar-refractivity contribution in [2.24, 2.45) is 0 Å². The summed E-state index contributed by atoms with van der Waals surface area (Å²) in [6, 6.07) is 0. The molecule has 0 fully saturated rings. The van der Waals surface area contributed by atoms with Crippen molar-refractivity contribution in [1.82, 2.24) is 0 Å². The third-order valence-electron chi connectivity index (χ3n) is 16.1.